The normalized spacial score (nSPS) is 18.3. The highest BCUT2D eigenvalue weighted by molar-refractivity contribution is 7.89. The van der Waals surface area contributed by atoms with Gasteiger partial charge in [0.05, 0.1) is 4.90 Å². The minimum Gasteiger partial charge on any atom is -0.319 e. The van der Waals surface area contributed by atoms with E-state index in [4.69, 9.17) is 0 Å². The maximum atomic E-state index is 12.5. The van der Waals surface area contributed by atoms with E-state index >= 15 is 0 Å². The third-order valence-electron chi connectivity index (χ3n) is 3.97. The molecule has 0 bridgehead atoms. The van der Waals surface area contributed by atoms with Gasteiger partial charge in [-0.15, -0.1) is 0 Å². The SMILES string of the molecule is CNCCc1ccc(S(=O)(=O)N2CCC(C)CC2)cc1. The van der Waals surface area contributed by atoms with Crippen molar-refractivity contribution in [2.45, 2.75) is 31.1 Å². The highest BCUT2D eigenvalue weighted by Crippen LogP contribution is 2.23. The summed E-state index contributed by atoms with van der Waals surface area (Å²) in [5.74, 6) is 0.630. The fourth-order valence-corrected chi connectivity index (χ4v) is 3.94. The van der Waals surface area contributed by atoms with Crippen molar-refractivity contribution in [3.63, 3.8) is 0 Å². The molecule has 4 nitrogen and oxygen atoms in total. The number of sulfonamides is 1. The Morgan fingerprint density at radius 1 is 1.20 bits per heavy atom. The summed E-state index contributed by atoms with van der Waals surface area (Å²) in [4.78, 5) is 0.417. The third-order valence-corrected chi connectivity index (χ3v) is 5.88. The Bertz CT molecular complexity index is 517. The molecule has 2 rings (SSSR count). The standard InChI is InChI=1S/C15H24N2O2S/c1-13-8-11-17(12-9-13)20(18,19)15-5-3-14(4-6-15)7-10-16-2/h3-6,13,16H,7-12H2,1-2H3. The summed E-state index contributed by atoms with van der Waals surface area (Å²) in [6.45, 7) is 4.37. The minimum atomic E-state index is -3.31. The van der Waals surface area contributed by atoms with Crippen LogP contribution in [0.15, 0.2) is 29.2 Å². The van der Waals surface area contributed by atoms with Crippen molar-refractivity contribution in [1.29, 1.82) is 0 Å². The molecule has 1 aliphatic rings. The second-order valence-corrected chi connectivity index (χ2v) is 7.52. The van der Waals surface area contributed by atoms with Crippen LogP contribution in [0, 0.1) is 5.92 Å². The van der Waals surface area contributed by atoms with Crippen molar-refractivity contribution in [2.24, 2.45) is 5.92 Å². The first-order chi connectivity index (χ1) is 9.54. The molecule has 0 aliphatic carbocycles. The van der Waals surface area contributed by atoms with Crippen molar-refractivity contribution in [3.8, 4) is 0 Å². The highest BCUT2D eigenvalue weighted by Gasteiger charge is 2.27. The number of nitrogens with one attached hydrogen (secondary N) is 1. The van der Waals surface area contributed by atoms with E-state index in [1.54, 1.807) is 16.4 Å². The number of piperidine rings is 1. The molecule has 1 fully saturated rings. The number of hydrogen-bond acceptors (Lipinski definition) is 3. The smallest absolute Gasteiger partial charge is 0.243 e. The molecule has 0 amide bonds. The van der Waals surface area contributed by atoms with Gasteiger partial charge in [-0.1, -0.05) is 19.1 Å². The molecule has 1 aromatic rings. The lowest BCUT2D eigenvalue weighted by molar-refractivity contribution is 0.288. The molecular formula is C15H24N2O2S. The van der Waals surface area contributed by atoms with Gasteiger partial charge in [0.25, 0.3) is 0 Å². The van der Waals surface area contributed by atoms with E-state index in [2.05, 4.69) is 12.2 Å². The van der Waals surface area contributed by atoms with Gasteiger partial charge in [0.15, 0.2) is 0 Å². The van der Waals surface area contributed by atoms with Gasteiger partial charge in [-0.05, 0) is 56.5 Å². The Hall–Kier alpha value is -0.910. The van der Waals surface area contributed by atoms with Crippen molar-refractivity contribution in [1.82, 2.24) is 9.62 Å². The van der Waals surface area contributed by atoms with Crippen LogP contribution in [-0.4, -0.2) is 39.4 Å². The van der Waals surface area contributed by atoms with Crippen LogP contribution in [0.2, 0.25) is 0 Å². The summed E-state index contributed by atoms with van der Waals surface area (Å²) in [5.41, 5.74) is 1.16. The number of nitrogens with zero attached hydrogens (tertiary/aromatic N) is 1. The predicted octanol–water partition coefficient (Wildman–Crippen LogP) is 1.87. The van der Waals surface area contributed by atoms with Crippen LogP contribution in [0.5, 0.6) is 0 Å². The fraction of sp³-hybridized carbons (Fsp3) is 0.600. The minimum absolute atomic E-state index is 0.417. The number of benzene rings is 1. The molecule has 1 aromatic carbocycles. The van der Waals surface area contributed by atoms with Gasteiger partial charge in [0, 0.05) is 13.1 Å². The van der Waals surface area contributed by atoms with Crippen LogP contribution in [0.3, 0.4) is 0 Å². The second kappa shape index (κ2) is 6.70. The molecule has 1 N–H and O–H groups in total. The van der Waals surface area contributed by atoms with E-state index in [0.717, 1.165) is 31.4 Å². The Balaban J connectivity index is 2.09. The van der Waals surface area contributed by atoms with Gasteiger partial charge >= 0.3 is 0 Å². The monoisotopic (exact) mass is 296 g/mol. The van der Waals surface area contributed by atoms with E-state index in [1.165, 1.54) is 0 Å². The lowest BCUT2D eigenvalue weighted by Crippen LogP contribution is -2.37. The van der Waals surface area contributed by atoms with Crippen molar-refractivity contribution < 1.29 is 8.42 Å². The zero-order valence-electron chi connectivity index (χ0n) is 12.3. The molecule has 0 saturated carbocycles. The molecule has 112 valence electrons. The highest BCUT2D eigenvalue weighted by atomic mass is 32.2. The number of likely N-dealkylation sites (N-methyl/N-ethyl adjacent to an activating group) is 1. The Morgan fingerprint density at radius 2 is 1.80 bits per heavy atom. The molecule has 1 aliphatic heterocycles. The molecule has 0 atom stereocenters. The maximum absolute atomic E-state index is 12.5. The first-order valence-electron chi connectivity index (χ1n) is 7.27. The summed E-state index contributed by atoms with van der Waals surface area (Å²) in [6, 6.07) is 7.30. The largest absolute Gasteiger partial charge is 0.319 e. The van der Waals surface area contributed by atoms with Crippen molar-refractivity contribution in [3.05, 3.63) is 29.8 Å². The quantitative estimate of drug-likeness (QED) is 0.902. The molecule has 0 radical (unpaired) electrons. The van der Waals surface area contributed by atoms with Gasteiger partial charge in [-0.25, -0.2) is 8.42 Å². The van der Waals surface area contributed by atoms with E-state index in [-0.39, 0.29) is 0 Å². The van der Waals surface area contributed by atoms with Gasteiger partial charge in [-0.3, -0.25) is 0 Å². The zero-order valence-corrected chi connectivity index (χ0v) is 13.1. The summed E-state index contributed by atoms with van der Waals surface area (Å²) < 4.78 is 26.7. The topological polar surface area (TPSA) is 49.4 Å². The average Bonchev–Trinajstić information content (AvgIpc) is 2.46. The zero-order chi connectivity index (χ0) is 14.6. The molecule has 0 aromatic heterocycles. The molecule has 1 saturated heterocycles. The van der Waals surface area contributed by atoms with Gasteiger partial charge in [-0.2, -0.15) is 4.31 Å². The maximum Gasteiger partial charge on any atom is 0.243 e. The third kappa shape index (κ3) is 3.59. The molecule has 0 unspecified atom stereocenters. The lowest BCUT2D eigenvalue weighted by Gasteiger charge is -2.29. The fourth-order valence-electron chi connectivity index (χ4n) is 2.47. The van der Waals surface area contributed by atoms with Crippen LogP contribution >= 0.6 is 0 Å². The number of rotatable bonds is 5. The Labute approximate surface area is 122 Å². The van der Waals surface area contributed by atoms with Crippen LogP contribution in [0.1, 0.15) is 25.3 Å². The van der Waals surface area contributed by atoms with Crippen molar-refractivity contribution >= 4 is 10.0 Å². The molecular weight excluding hydrogens is 272 g/mol. The summed E-state index contributed by atoms with van der Waals surface area (Å²) in [6.07, 6.45) is 2.83. The van der Waals surface area contributed by atoms with E-state index in [9.17, 15) is 8.42 Å². The van der Waals surface area contributed by atoms with E-state index in [0.29, 0.717) is 23.9 Å². The number of hydrogen-bond donors (Lipinski definition) is 1. The first kappa shape index (κ1) is 15.5. The molecule has 0 spiro atoms. The van der Waals surface area contributed by atoms with Gasteiger partial charge < -0.3 is 5.32 Å². The predicted molar refractivity (Wildman–Crippen MR) is 81.2 cm³/mol. The van der Waals surface area contributed by atoms with Crippen LogP contribution in [0.4, 0.5) is 0 Å². The summed E-state index contributed by atoms with van der Waals surface area (Å²) >= 11 is 0. The molecule has 5 heteroatoms. The van der Waals surface area contributed by atoms with Crippen LogP contribution < -0.4 is 5.32 Å². The van der Waals surface area contributed by atoms with E-state index < -0.39 is 10.0 Å². The van der Waals surface area contributed by atoms with Crippen LogP contribution in [-0.2, 0) is 16.4 Å². The second-order valence-electron chi connectivity index (χ2n) is 5.58. The Morgan fingerprint density at radius 3 is 2.35 bits per heavy atom. The first-order valence-corrected chi connectivity index (χ1v) is 8.71. The summed E-state index contributed by atoms with van der Waals surface area (Å²) in [5, 5.41) is 3.09. The Kier molecular flexibility index (Phi) is 5.18. The molecule has 1 heterocycles. The average molecular weight is 296 g/mol. The van der Waals surface area contributed by atoms with Gasteiger partial charge in [0.2, 0.25) is 10.0 Å². The summed E-state index contributed by atoms with van der Waals surface area (Å²) in [7, 11) is -1.39. The van der Waals surface area contributed by atoms with Gasteiger partial charge in [0.1, 0.15) is 0 Å². The van der Waals surface area contributed by atoms with E-state index in [1.807, 2.05) is 19.2 Å². The lowest BCUT2D eigenvalue weighted by atomic mass is 10.0. The van der Waals surface area contributed by atoms with Crippen molar-refractivity contribution in [2.75, 3.05) is 26.7 Å². The molecule has 20 heavy (non-hydrogen) atoms. The van der Waals surface area contributed by atoms with Crippen LogP contribution in [0.25, 0.3) is 0 Å².